The van der Waals surface area contributed by atoms with Crippen LogP contribution in [0.2, 0.25) is 0 Å². The van der Waals surface area contributed by atoms with E-state index in [1.165, 1.54) is 49.7 Å². The summed E-state index contributed by atoms with van der Waals surface area (Å²) in [6, 6.07) is 8.43. The fourth-order valence-electron chi connectivity index (χ4n) is 3.50. The van der Waals surface area contributed by atoms with E-state index in [9.17, 15) is 4.79 Å². The highest BCUT2D eigenvalue weighted by atomic mass is 32.1. The second kappa shape index (κ2) is 7.52. The summed E-state index contributed by atoms with van der Waals surface area (Å²) in [4.78, 5) is 24.5. The summed E-state index contributed by atoms with van der Waals surface area (Å²) in [6.07, 6.45) is 5.37. The van der Waals surface area contributed by atoms with Gasteiger partial charge in [-0.15, -0.1) is 11.3 Å². The van der Waals surface area contributed by atoms with Gasteiger partial charge in [0.15, 0.2) is 0 Å². The molecule has 1 saturated heterocycles. The first-order valence-electron chi connectivity index (χ1n) is 9.12. The molecule has 6 nitrogen and oxygen atoms in total. The Hall–Kier alpha value is -2.67. The molecule has 140 valence electrons. The lowest BCUT2D eigenvalue weighted by Crippen LogP contribution is -2.29. The Morgan fingerprint density at radius 2 is 1.89 bits per heavy atom. The SMILES string of the molecule is COC(=O)c1sc2ncnc(Nc3ccc(N4CCCCC4)cc3)c2c1C. The average Bonchev–Trinajstić information content (AvgIpc) is 3.06. The van der Waals surface area contributed by atoms with Crippen molar-refractivity contribution in [2.45, 2.75) is 26.2 Å². The number of aryl methyl sites for hydroxylation is 1. The molecule has 0 radical (unpaired) electrons. The molecule has 2 aromatic heterocycles. The van der Waals surface area contributed by atoms with Crippen molar-refractivity contribution in [3.63, 3.8) is 0 Å². The predicted octanol–water partition coefficient (Wildman–Crippen LogP) is 4.52. The number of carbonyl (C=O) groups excluding carboxylic acids is 1. The number of hydrogen-bond acceptors (Lipinski definition) is 7. The number of piperidine rings is 1. The lowest BCUT2D eigenvalue weighted by Gasteiger charge is -2.28. The first kappa shape index (κ1) is 17.7. The van der Waals surface area contributed by atoms with Crippen molar-refractivity contribution in [1.82, 2.24) is 9.97 Å². The molecule has 1 aromatic carbocycles. The highest BCUT2D eigenvalue weighted by Crippen LogP contribution is 2.35. The third-order valence-corrected chi connectivity index (χ3v) is 6.13. The van der Waals surface area contributed by atoms with Gasteiger partial charge in [-0.25, -0.2) is 14.8 Å². The predicted molar refractivity (Wildman–Crippen MR) is 109 cm³/mol. The molecule has 0 aliphatic carbocycles. The van der Waals surface area contributed by atoms with Crippen molar-refractivity contribution >= 4 is 44.7 Å². The molecule has 27 heavy (non-hydrogen) atoms. The molecule has 0 bridgehead atoms. The van der Waals surface area contributed by atoms with E-state index >= 15 is 0 Å². The molecule has 0 amide bonds. The van der Waals surface area contributed by atoms with Gasteiger partial charge in [-0.2, -0.15) is 0 Å². The Morgan fingerprint density at radius 3 is 2.59 bits per heavy atom. The molecule has 4 rings (SSSR count). The molecule has 7 heteroatoms. The maximum Gasteiger partial charge on any atom is 0.348 e. The van der Waals surface area contributed by atoms with Crippen molar-refractivity contribution in [2.24, 2.45) is 0 Å². The fourth-order valence-corrected chi connectivity index (χ4v) is 4.57. The number of carbonyl (C=O) groups is 1. The summed E-state index contributed by atoms with van der Waals surface area (Å²) in [5.74, 6) is 0.363. The van der Waals surface area contributed by atoms with E-state index in [0.29, 0.717) is 10.7 Å². The average molecular weight is 382 g/mol. The number of nitrogens with zero attached hydrogens (tertiary/aromatic N) is 3. The van der Waals surface area contributed by atoms with Crippen LogP contribution in [0.25, 0.3) is 10.2 Å². The molecule has 1 N–H and O–H groups in total. The number of benzene rings is 1. The summed E-state index contributed by atoms with van der Waals surface area (Å²) in [7, 11) is 1.39. The van der Waals surface area contributed by atoms with Gasteiger partial charge in [-0.1, -0.05) is 0 Å². The van der Waals surface area contributed by atoms with Crippen LogP contribution in [0.3, 0.4) is 0 Å². The minimum absolute atomic E-state index is 0.340. The number of nitrogens with one attached hydrogen (secondary N) is 1. The van der Waals surface area contributed by atoms with Crippen molar-refractivity contribution in [3.8, 4) is 0 Å². The van der Waals surface area contributed by atoms with Gasteiger partial charge in [0, 0.05) is 24.5 Å². The molecule has 1 aliphatic rings. The Morgan fingerprint density at radius 1 is 1.15 bits per heavy atom. The largest absolute Gasteiger partial charge is 0.465 e. The summed E-state index contributed by atoms with van der Waals surface area (Å²) >= 11 is 1.33. The van der Waals surface area contributed by atoms with Gasteiger partial charge in [0.25, 0.3) is 0 Å². The Labute approximate surface area is 162 Å². The summed E-state index contributed by atoms with van der Waals surface area (Å²) in [6.45, 7) is 4.16. The van der Waals surface area contributed by atoms with Gasteiger partial charge < -0.3 is 15.0 Å². The van der Waals surface area contributed by atoms with E-state index < -0.39 is 0 Å². The third kappa shape index (κ3) is 3.47. The molecule has 1 fully saturated rings. The van der Waals surface area contributed by atoms with Gasteiger partial charge in [-0.3, -0.25) is 0 Å². The van der Waals surface area contributed by atoms with E-state index in [1.54, 1.807) is 0 Å². The molecular formula is C20H22N4O2S. The number of fused-ring (bicyclic) bond motifs is 1. The van der Waals surface area contributed by atoms with E-state index in [0.717, 1.165) is 34.6 Å². The van der Waals surface area contributed by atoms with Crippen molar-refractivity contribution in [3.05, 3.63) is 41.0 Å². The van der Waals surface area contributed by atoms with E-state index in [4.69, 9.17) is 4.74 Å². The van der Waals surface area contributed by atoms with E-state index in [2.05, 4.69) is 44.5 Å². The second-order valence-electron chi connectivity index (χ2n) is 6.67. The third-order valence-electron chi connectivity index (χ3n) is 4.95. The molecule has 0 atom stereocenters. The normalized spacial score (nSPS) is 14.4. The smallest absolute Gasteiger partial charge is 0.348 e. The number of aromatic nitrogens is 2. The molecule has 3 aromatic rings. The van der Waals surface area contributed by atoms with E-state index in [-0.39, 0.29) is 5.97 Å². The molecular weight excluding hydrogens is 360 g/mol. The van der Waals surface area contributed by atoms with Gasteiger partial charge in [0.05, 0.1) is 12.5 Å². The number of rotatable bonds is 4. The zero-order valence-electron chi connectivity index (χ0n) is 15.5. The highest BCUT2D eigenvalue weighted by Gasteiger charge is 2.20. The number of anilines is 3. The van der Waals surface area contributed by atoms with Gasteiger partial charge >= 0.3 is 5.97 Å². The number of esters is 1. The van der Waals surface area contributed by atoms with Crippen LogP contribution in [0.5, 0.6) is 0 Å². The van der Waals surface area contributed by atoms with Crippen molar-refractivity contribution in [1.29, 1.82) is 0 Å². The van der Waals surface area contributed by atoms with E-state index in [1.807, 2.05) is 6.92 Å². The monoisotopic (exact) mass is 382 g/mol. The van der Waals surface area contributed by atoms with Crippen LogP contribution in [-0.4, -0.2) is 36.1 Å². The molecule has 1 aliphatic heterocycles. The lowest BCUT2D eigenvalue weighted by molar-refractivity contribution is 0.0605. The van der Waals surface area contributed by atoms with Crippen LogP contribution in [0.4, 0.5) is 17.2 Å². The van der Waals surface area contributed by atoms with Crippen LogP contribution in [0, 0.1) is 6.92 Å². The van der Waals surface area contributed by atoms with Crippen LogP contribution in [-0.2, 0) is 4.74 Å². The van der Waals surface area contributed by atoms with Crippen LogP contribution < -0.4 is 10.2 Å². The summed E-state index contributed by atoms with van der Waals surface area (Å²) in [5, 5.41) is 4.24. The lowest BCUT2D eigenvalue weighted by atomic mass is 10.1. The van der Waals surface area contributed by atoms with Crippen LogP contribution >= 0.6 is 11.3 Å². The van der Waals surface area contributed by atoms with Crippen LogP contribution in [0.1, 0.15) is 34.5 Å². The van der Waals surface area contributed by atoms with Crippen molar-refractivity contribution < 1.29 is 9.53 Å². The first-order valence-corrected chi connectivity index (χ1v) is 9.93. The zero-order valence-corrected chi connectivity index (χ0v) is 16.3. The van der Waals surface area contributed by atoms with Crippen LogP contribution in [0.15, 0.2) is 30.6 Å². The molecule has 3 heterocycles. The number of hydrogen-bond donors (Lipinski definition) is 1. The maximum atomic E-state index is 12.0. The second-order valence-corrected chi connectivity index (χ2v) is 7.67. The Kier molecular flexibility index (Phi) is 4.94. The number of methoxy groups -OCH3 is 1. The van der Waals surface area contributed by atoms with Gasteiger partial charge in [0.1, 0.15) is 21.9 Å². The standard InChI is InChI=1S/C20H22N4O2S/c1-13-16-18(21-12-22-19(16)27-17(13)20(25)26-2)23-14-6-8-15(9-7-14)24-10-4-3-5-11-24/h6-9,12H,3-5,10-11H2,1-2H3,(H,21,22,23). The molecule has 0 saturated carbocycles. The minimum atomic E-state index is -0.340. The molecule has 0 unspecified atom stereocenters. The Bertz CT molecular complexity index is 962. The zero-order chi connectivity index (χ0) is 18.8. The first-order chi connectivity index (χ1) is 13.2. The van der Waals surface area contributed by atoms with Crippen molar-refractivity contribution in [2.75, 3.05) is 30.4 Å². The maximum absolute atomic E-state index is 12.0. The molecule has 0 spiro atoms. The Balaban J connectivity index is 1.61. The quantitative estimate of drug-likeness (QED) is 0.669. The minimum Gasteiger partial charge on any atom is -0.465 e. The number of ether oxygens (including phenoxy) is 1. The van der Waals surface area contributed by atoms with Gasteiger partial charge in [0.2, 0.25) is 0 Å². The van der Waals surface area contributed by atoms with Gasteiger partial charge in [-0.05, 0) is 56.0 Å². The summed E-state index contributed by atoms with van der Waals surface area (Å²) in [5.41, 5.74) is 3.06. The fraction of sp³-hybridized carbons (Fsp3) is 0.350. The summed E-state index contributed by atoms with van der Waals surface area (Å²) < 4.78 is 4.87. The highest BCUT2D eigenvalue weighted by molar-refractivity contribution is 7.20. The topological polar surface area (TPSA) is 67.3 Å². The number of thiophene rings is 1.